The Morgan fingerprint density at radius 3 is 2.39 bits per heavy atom. The van der Waals surface area contributed by atoms with E-state index in [2.05, 4.69) is 0 Å². The lowest BCUT2D eigenvalue weighted by molar-refractivity contribution is 0.175. The quantitative estimate of drug-likeness (QED) is 0.747. The molecule has 148 valence electrons. The molecule has 2 aromatic rings. The number of carbonyl (C=O) groups is 1. The number of halogens is 1. The minimum absolute atomic E-state index is 0.149. The van der Waals surface area contributed by atoms with Gasteiger partial charge in [0.15, 0.2) is 0 Å². The number of ether oxygens (including phenoxy) is 1. The third-order valence-corrected chi connectivity index (χ3v) is 7.05. The van der Waals surface area contributed by atoms with Gasteiger partial charge in [-0.05, 0) is 24.3 Å². The van der Waals surface area contributed by atoms with Gasteiger partial charge in [0.25, 0.3) is 0 Å². The Labute approximate surface area is 169 Å². The molecular formula is C19H20ClN3O4S. The maximum atomic E-state index is 13.0. The van der Waals surface area contributed by atoms with Gasteiger partial charge >= 0.3 is 6.03 Å². The lowest BCUT2D eigenvalue weighted by atomic mass is 10.2. The molecule has 2 aromatic carbocycles. The van der Waals surface area contributed by atoms with Crippen molar-refractivity contribution in [2.75, 3.05) is 44.2 Å². The predicted octanol–water partition coefficient (Wildman–Crippen LogP) is 2.67. The van der Waals surface area contributed by atoms with E-state index in [-0.39, 0.29) is 24.0 Å². The van der Waals surface area contributed by atoms with Crippen molar-refractivity contribution in [3.63, 3.8) is 0 Å². The molecule has 2 aliphatic heterocycles. The van der Waals surface area contributed by atoms with Gasteiger partial charge in [0.1, 0.15) is 12.4 Å². The van der Waals surface area contributed by atoms with E-state index in [0.29, 0.717) is 42.7 Å². The number of sulfonamides is 1. The first-order valence-corrected chi connectivity index (χ1v) is 10.8. The average Bonchev–Trinajstić information content (AvgIpc) is 2.73. The third-order valence-electron chi connectivity index (χ3n) is 4.91. The summed E-state index contributed by atoms with van der Waals surface area (Å²) in [5.74, 6) is 0.581. The Bertz CT molecular complexity index is 976. The molecule has 0 aliphatic carbocycles. The first-order valence-electron chi connectivity index (χ1n) is 9.01. The van der Waals surface area contributed by atoms with Gasteiger partial charge in [-0.1, -0.05) is 29.8 Å². The molecule has 0 spiro atoms. The number of benzene rings is 2. The summed E-state index contributed by atoms with van der Waals surface area (Å²) in [5.41, 5.74) is 0.681. The number of amides is 2. The van der Waals surface area contributed by atoms with Crippen LogP contribution in [0.3, 0.4) is 0 Å². The van der Waals surface area contributed by atoms with E-state index in [4.69, 9.17) is 16.3 Å². The topological polar surface area (TPSA) is 70.2 Å². The van der Waals surface area contributed by atoms with Gasteiger partial charge in [-0.25, -0.2) is 13.2 Å². The van der Waals surface area contributed by atoms with Crippen molar-refractivity contribution in [1.29, 1.82) is 0 Å². The summed E-state index contributed by atoms with van der Waals surface area (Å²) in [5, 5.41) is 0.549. The second-order valence-corrected chi connectivity index (χ2v) is 8.97. The first kappa shape index (κ1) is 19.0. The molecular weight excluding hydrogens is 402 g/mol. The molecule has 0 bridgehead atoms. The van der Waals surface area contributed by atoms with Gasteiger partial charge < -0.3 is 9.64 Å². The molecule has 2 heterocycles. The number of rotatable bonds is 2. The van der Waals surface area contributed by atoms with Crippen LogP contribution in [0.1, 0.15) is 0 Å². The van der Waals surface area contributed by atoms with E-state index in [0.717, 1.165) is 0 Å². The molecule has 0 N–H and O–H groups in total. The molecule has 4 rings (SSSR count). The number of hydrogen-bond donors (Lipinski definition) is 0. The number of urea groups is 1. The summed E-state index contributed by atoms with van der Waals surface area (Å²) in [6.45, 7) is 2.04. The van der Waals surface area contributed by atoms with Crippen LogP contribution >= 0.6 is 11.6 Å². The van der Waals surface area contributed by atoms with Gasteiger partial charge in [0.2, 0.25) is 10.0 Å². The highest BCUT2D eigenvalue weighted by atomic mass is 35.5. The predicted molar refractivity (Wildman–Crippen MR) is 106 cm³/mol. The molecule has 2 amide bonds. The Morgan fingerprint density at radius 1 is 0.964 bits per heavy atom. The Morgan fingerprint density at radius 2 is 1.68 bits per heavy atom. The fourth-order valence-electron chi connectivity index (χ4n) is 3.42. The molecule has 2 aliphatic rings. The lowest BCUT2D eigenvalue weighted by Crippen LogP contribution is -2.55. The molecule has 1 fully saturated rings. The van der Waals surface area contributed by atoms with Crippen molar-refractivity contribution in [3.8, 4) is 5.75 Å². The van der Waals surface area contributed by atoms with Crippen LogP contribution in [-0.4, -0.2) is 63.0 Å². The molecule has 9 heteroatoms. The zero-order valence-corrected chi connectivity index (χ0v) is 16.7. The van der Waals surface area contributed by atoms with E-state index in [1.807, 2.05) is 0 Å². The summed E-state index contributed by atoms with van der Waals surface area (Å²) in [6.07, 6.45) is 0. The SMILES string of the molecule is O=C(N1CCN(S(=O)(=O)c2ccccc2)CC1)N1CCOc2cc(Cl)ccc21. The number of fused-ring (bicyclic) bond motifs is 1. The molecule has 0 unspecified atom stereocenters. The number of piperazine rings is 1. The van der Waals surface area contributed by atoms with Crippen molar-refractivity contribution >= 4 is 33.3 Å². The van der Waals surface area contributed by atoms with Gasteiger partial charge in [0, 0.05) is 37.3 Å². The van der Waals surface area contributed by atoms with Crippen LogP contribution in [-0.2, 0) is 10.0 Å². The van der Waals surface area contributed by atoms with Crippen LogP contribution in [0.5, 0.6) is 5.75 Å². The van der Waals surface area contributed by atoms with Crippen LogP contribution < -0.4 is 9.64 Å². The zero-order chi connectivity index (χ0) is 19.7. The van der Waals surface area contributed by atoms with Crippen molar-refractivity contribution < 1.29 is 17.9 Å². The summed E-state index contributed by atoms with van der Waals surface area (Å²) in [4.78, 5) is 16.6. The van der Waals surface area contributed by atoms with E-state index in [1.54, 1.807) is 58.3 Å². The van der Waals surface area contributed by atoms with Crippen molar-refractivity contribution in [2.45, 2.75) is 4.90 Å². The van der Waals surface area contributed by atoms with Crippen LogP contribution in [0.2, 0.25) is 5.02 Å². The second-order valence-electron chi connectivity index (χ2n) is 6.60. The number of nitrogens with zero attached hydrogens (tertiary/aromatic N) is 3. The van der Waals surface area contributed by atoms with Gasteiger partial charge in [-0.15, -0.1) is 0 Å². The van der Waals surface area contributed by atoms with Gasteiger partial charge in [-0.3, -0.25) is 4.90 Å². The van der Waals surface area contributed by atoms with E-state index >= 15 is 0 Å². The normalized spacial score (nSPS) is 17.8. The minimum Gasteiger partial charge on any atom is -0.489 e. The fourth-order valence-corrected chi connectivity index (χ4v) is 5.03. The molecule has 0 saturated carbocycles. The summed E-state index contributed by atoms with van der Waals surface area (Å²) in [7, 11) is -3.54. The second kappa shape index (κ2) is 7.62. The summed E-state index contributed by atoms with van der Waals surface area (Å²) >= 11 is 6.01. The van der Waals surface area contributed by atoms with Crippen LogP contribution in [0, 0.1) is 0 Å². The first-order chi connectivity index (χ1) is 13.5. The Kier molecular flexibility index (Phi) is 5.18. The monoisotopic (exact) mass is 421 g/mol. The van der Waals surface area contributed by atoms with Crippen molar-refractivity contribution in [2.24, 2.45) is 0 Å². The number of carbonyl (C=O) groups excluding carboxylic acids is 1. The molecule has 28 heavy (non-hydrogen) atoms. The van der Waals surface area contributed by atoms with E-state index < -0.39 is 10.0 Å². The highest BCUT2D eigenvalue weighted by molar-refractivity contribution is 7.89. The van der Waals surface area contributed by atoms with Gasteiger partial charge in [0.05, 0.1) is 17.1 Å². The third kappa shape index (κ3) is 3.55. The van der Waals surface area contributed by atoms with Crippen molar-refractivity contribution in [3.05, 3.63) is 53.6 Å². The molecule has 0 radical (unpaired) electrons. The highest BCUT2D eigenvalue weighted by Crippen LogP contribution is 2.34. The van der Waals surface area contributed by atoms with E-state index in [1.165, 1.54) is 4.31 Å². The molecule has 1 saturated heterocycles. The smallest absolute Gasteiger partial charge is 0.324 e. The zero-order valence-electron chi connectivity index (χ0n) is 15.1. The average molecular weight is 422 g/mol. The largest absolute Gasteiger partial charge is 0.489 e. The Hall–Kier alpha value is -2.29. The Balaban J connectivity index is 1.46. The maximum absolute atomic E-state index is 13.0. The van der Waals surface area contributed by atoms with Crippen LogP contribution in [0.4, 0.5) is 10.5 Å². The molecule has 0 atom stereocenters. The minimum atomic E-state index is -3.54. The molecule has 7 nitrogen and oxygen atoms in total. The lowest BCUT2D eigenvalue weighted by Gasteiger charge is -2.38. The summed E-state index contributed by atoms with van der Waals surface area (Å²) in [6, 6.07) is 13.4. The summed E-state index contributed by atoms with van der Waals surface area (Å²) < 4.78 is 32.5. The van der Waals surface area contributed by atoms with Crippen LogP contribution in [0.15, 0.2) is 53.4 Å². The van der Waals surface area contributed by atoms with E-state index in [9.17, 15) is 13.2 Å². The van der Waals surface area contributed by atoms with Crippen LogP contribution in [0.25, 0.3) is 0 Å². The molecule has 0 aromatic heterocycles. The standard InChI is InChI=1S/C19H20ClN3O4S/c20-15-6-7-17-18(14-15)27-13-12-23(17)19(24)21-8-10-22(11-9-21)28(25,26)16-4-2-1-3-5-16/h1-7,14H,8-13H2. The fraction of sp³-hybridized carbons (Fsp3) is 0.316. The maximum Gasteiger partial charge on any atom is 0.324 e. The number of anilines is 1. The van der Waals surface area contributed by atoms with Crippen molar-refractivity contribution in [1.82, 2.24) is 9.21 Å². The van der Waals surface area contributed by atoms with Gasteiger partial charge in [-0.2, -0.15) is 4.31 Å². The highest BCUT2D eigenvalue weighted by Gasteiger charge is 2.33. The number of hydrogen-bond acceptors (Lipinski definition) is 4.